The fourth-order valence-corrected chi connectivity index (χ4v) is 3.51. The van der Waals surface area contributed by atoms with Crippen LogP contribution in [0.1, 0.15) is 18.4 Å². The zero-order valence-corrected chi connectivity index (χ0v) is 13.9. The summed E-state index contributed by atoms with van der Waals surface area (Å²) >= 11 is 0. The molecule has 0 amide bonds. The molecule has 3 heterocycles. The molecule has 1 aliphatic rings. The van der Waals surface area contributed by atoms with E-state index in [1.54, 1.807) is 6.20 Å². The summed E-state index contributed by atoms with van der Waals surface area (Å²) in [4.78, 5) is 15.5. The van der Waals surface area contributed by atoms with Crippen molar-refractivity contribution < 1.29 is 8.42 Å². The number of aromatic amines is 1. The second-order valence-corrected chi connectivity index (χ2v) is 7.59. The largest absolute Gasteiger partial charge is 0.351 e. The third-order valence-electron chi connectivity index (χ3n) is 3.91. The molecule has 10 heteroatoms. The summed E-state index contributed by atoms with van der Waals surface area (Å²) in [5.41, 5.74) is 1.38. The topological polar surface area (TPSA) is 128 Å². The summed E-state index contributed by atoms with van der Waals surface area (Å²) in [5, 5.41) is 12.4. The van der Waals surface area contributed by atoms with Gasteiger partial charge in [0.1, 0.15) is 17.5 Å². The summed E-state index contributed by atoms with van der Waals surface area (Å²) in [6.45, 7) is 0.942. The number of H-pyrrole nitrogens is 1. The smallest absolute Gasteiger partial charge is 0.223 e. The first-order chi connectivity index (χ1) is 11.5. The molecule has 9 nitrogen and oxygen atoms in total. The van der Waals surface area contributed by atoms with Crippen LogP contribution in [0.3, 0.4) is 0 Å². The molecule has 0 aromatic carbocycles. The Balaban J connectivity index is 1.73. The van der Waals surface area contributed by atoms with Gasteiger partial charge in [0.2, 0.25) is 16.0 Å². The molecular weight excluding hydrogens is 330 g/mol. The maximum Gasteiger partial charge on any atom is 0.223 e. The van der Waals surface area contributed by atoms with Crippen molar-refractivity contribution in [2.24, 2.45) is 0 Å². The van der Waals surface area contributed by atoms with E-state index in [1.807, 2.05) is 0 Å². The quantitative estimate of drug-likeness (QED) is 0.827. The fraction of sp³-hybridized carbons (Fsp3) is 0.429. The van der Waals surface area contributed by atoms with Crippen LogP contribution in [0.2, 0.25) is 0 Å². The van der Waals surface area contributed by atoms with E-state index in [0.717, 1.165) is 0 Å². The van der Waals surface area contributed by atoms with Gasteiger partial charge in [0.05, 0.1) is 24.3 Å². The Kier molecular flexibility index (Phi) is 4.46. The Bertz CT molecular complexity index is 850. The second kappa shape index (κ2) is 6.54. The molecule has 0 bridgehead atoms. The number of nitrogens with zero attached hydrogens (tertiary/aromatic N) is 5. The van der Waals surface area contributed by atoms with Crippen molar-refractivity contribution >= 4 is 16.0 Å². The number of rotatable bonds is 4. The van der Waals surface area contributed by atoms with Crippen molar-refractivity contribution in [3.8, 4) is 17.5 Å². The number of hydrogen-bond acceptors (Lipinski definition) is 7. The molecule has 1 aliphatic heterocycles. The molecule has 1 fully saturated rings. The highest BCUT2D eigenvalue weighted by Crippen LogP contribution is 2.21. The molecule has 0 radical (unpaired) electrons. The first kappa shape index (κ1) is 16.4. The van der Waals surface area contributed by atoms with E-state index in [4.69, 9.17) is 0 Å². The molecule has 0 unspecified atom stereocenters. The molecule has 2 aromatic heterocycles. The lowest BCUT2D eigenvalue weighted by molar-refractivity contribution is 0.331. The van der Waals surface area contributed by atoms with Gasteiger partial charge >= 0.3 is 0 Å². The molecule has 0 aliphatic carbocycles. The van der Waals surface area contributed by atoms with Crippen LogP contribution in [0.25, 0.3) is 11.4 Å². The van der Waals surface area contributed by atoms with Crippen molar-refractivity contribution in [3.63, 3.8) is 0 Å². The molecule has 24 heavy (non-hydrogen) atoms. The lowest BCUT2D eigenvalue weighted by Gasteiger charge is -2.30. The lowest BCUT2D eigenvalue weighted by atomic mass is 10.1. The number of sulfonamides is 1. The average molecular weight is 347 g/mol. The van der Waals surface area contributed by atoms with E-state index >= 15 is 0 Å². The molecule has 0 spiro atoms. The summed E-state index contributed by atoms with van der Waals surface area (Å²) in [5.74, 6) is 0.407. The first-order valence-electron chi connectivity index (χ1n) is 7.45. The second-order valence-electron chi connectivity index (χ2n) is 5.60. The molecule has 2 N–H and O–H groups in total. The molecule has 0 saturated carbocycles. The highest BCUT2D eigenvalue weighted by Gasteiger charge is 2.25. The fourth-order valence-electron chi connectivity index (χ4n) is 2.63. The molecule has 1 saturated heterocycles. The summed E-state index contributed by atoms with van der Waals surface area (Å²) in [6.07, 6.45) is 7.22. The third-order valence-corrected chi connectivity index (χ3v) is 5.21. The minimum atomic E-state index is -3.14. The molecule has 2 aromatic rings. The zero-order valence-electron chi connectivity index (χ0n) is 13.1. The van der Waals surface area contributed by atoms with Gasteiger partial charge in [-0.15, -0.1) is 0 Å². The standard InChI is InChI=1S/C14H17N7O2S/c1-24(22,23)21-4-2-11(3-5-21)19-14-17-7-10(6-15)13(20-14)12-8-16-9-18-12/h7-9,11H,2-5H2,1H3,(H,16,18)(H,17,19,20). The minimum Gasteiger partial charge on any atom is -0.351 e. The van der Waals surface area contributed by atoms with E-state index in [2.05, 4.69) is 31.3 Å². The van der Waals surface area contributed by atoms with Crippen molar-refractivity contribution in [2.75, 3.05) is 24.7 Å². The predicted octanol–water partition coefficient (Wildman–Crippen LogP) is 0.574. The van der Waals surface area contributed by atoms with E-state index in [9.17, 15) is 13.7 Å². The van der Waals surface area contributed by atoms with Crippen LogP contribution in [0.5, 0.6) is 0 Å². The predicted molar refractivity (Wildman–Crippen MR) is 87.4 cm³/mol. The maximum atomic E-state index is 11.5. The number of anilines is 1. The number of nitrogens with one attached hydrogen (secondary N) is 2. The van der Waals surface area contributed by atoms with E-state index in [0.29, 0.717) is 48.8 Å². The van der Waals surface area contributed by atoms with Gasteiger partial charge in [0.25, 0.3) is 0 Å². The van der Waals surface area contributed by atoms with Crippen LogP contribution in [-0.4, -0.2) is 58.0 Å². The zero-order chi connectivity index (χ0) is 17.2. The third kappa shape index (κ3) is 3.52. The Morgan fingerprint density at radius 1 is 1.38 bits per heavy atom. The first-order valence-corrected chi connectivity index (χ1v) is 9.30. The average Bonchev–Trinajstić information content (AvgIpc) is 3.09. The van der Waals surface area contributed by atoms with Crippen molar-refractivity contribution in [3.05, 3.63) is 24.3 Å². The number of hydrogen-bond donors (Lipinski definition) is 2. The summed E-state index contributed by atoms with van der Waals surface area (Å²) < 4.78 is 24.5. The Labute approximate surface area is 139 Å². The summed E-state index contributed by atoms with van der Waals surface area (Å²) in [7, 11) is -3.14. The van der Waals surface area contributed by atoms with E-state index in [1.165, 1.54) is 23.1 Å². The Morgan fingerprint density at radius 3 is 2.71 bits per heavy atom. The number of aromatic nitrogens is 4. The van der Waals surface area contributed by atoms with Crippen molar-refractivity contribution in [2.45, 2.75) is 18.9 Å². The normalized spacial score (nSPS) is 16.7. The molecule has 3 rings (SSSR count). The SMILES string of the molecule is CS(=O)(=O)N1CCC(Nc2ncc(C#N)c(-c3c[nH]cn3)n2)CC1. The van der Waals surface area contributed by atoms with E-state index < -0.39 is 10.0 Å². The van der Waals surface area contributed by atoms with Crippen LogP contribution in [-0.2, 0) is 10.0 Å². The van der Waals surface area contributed by atoms with Gasteiger partial charge in [-0.25, -0.2) is 27.7 Å². The van der Waals surface area contributed by atoms with Crippen LogP contribution >= 0.6 is 0 Å². The van der Waals surface area contributed by atoms with Gasteiger partial charge in [-0.3, -0.25) is 0 Å². The van der Waals surface area contributed by atoms with E-state index in [-0.39, 0.29) is 6.04 Å². The van der Waals surface area contributed by atoms with Gasteiger partial charge in [-0.1, -0.05) is 0 Å². The van der Waals surface area contributed by atoms with Crippen molar-refractivity contribution in [1.82, 2.24) is 24.2 Å². The van der Waals surface area contributed by atoms with Gasteiger partial charge in [-0.2, -0.15) is 5.26 Å². The van der Waals surface area contributed by atoms with Gasteiger partial charge in [0.15, 0.2) is 0 Å². The van der Waals surface area contributed by atoms with Gasteiger partial charge in [-0.05, 0) is 12.8 Å². The minimum absolute atomic E-state index is 0.0861. The van der Waals surface area contributed by atoms with Gasteiger partial charge in [0, 0.05) is 25.3 Å². The van der Waals surface area contributed by atoms with Crippen LogP contribution in [0.4, 0.5) is 5.95 Å². The van der Waals surface area contributed by atoms with Gasteiger partial charge < -0.3 is 10.3 Å². The summed E-state index contributed by atoms with van der Waals surface area (Å²) in [6, 6.07) is 2.14. The molecule has 126 valence electrons. The monoisotopic (exact) mass is 347 g/mol. The van der Waals surface area contributed by atoms with Crippen LogP contribution in [0, 0.1) is 11.3 Å². The van der Waals surface area contributed by atoms with Crippen molar-refractivity contribution in [1.29, 1.82) is 5.26 Å². The number of nitriles is 1. The lowest BCUT2D eigenvalue weighted by Crippen LogP contribution is -2.42. The molecular formula is C14H17N7O2S. The van der Waals surface area contributed by atoms with Crippen LogP contribution < -0.4 is 5.32 Å². The highest BCUT2D eigenvalue weighted by atomic mass is 32.2. The highest BCUT2D eigenvalue weighted by molar-refractivity contribution is 7.88. The van der Waals surface area contributed by atoms with Crippen LogP contribution in [0.15, 0.2) is 18.7 Å². The number of piperidine rings is 1. The molecule has 0 atom stereocenters. The maximum absolute atomic E-state index is 11.5. The Hall–Kier alpha value is -2.51. The Morgan fingerprint density at radius 2 is 2.12 bits per heavy atom. The number of imidazole rings is 1.